The maximum Gasteiger partial charge on any atom is 0.261 e. The molecule has 7 nitrogen and oxygen atoms in total. The highest BCUT2D eigenvalue weighted by molar-refractivity contribution is 7.99. The fraction of sp³-hybridized carbons (Fsp3) is 0.391. The van der Waals surface area contributed by atoms with Crippen LogP contribution >= 0.6 is 11.8 Å². The molecule has 0 aromatic heterocycles. The predicted molar refractivity (Wildman–Crippen MR) is 118 cm³/mol. The Morgan fingerprint density at radius 3 is 2.26 bits per heavy atom. The third-order valence-corrected chi connectivity index (χ3v) is 7.32. The van der Waals surface area contributed by atoms with Crippen LogP contribution in [0.15, 0.2) is 36.4 Å². The second-order valence-electron chi connectivity index (χ2n) is 8.13. The van der Waals surface area contributed by atoms with Gasteiger partial charge in [-0.25, -0.2) is 0 Å². The van der Waals surface area contributed by atoms with Crippen LogP contribution in [-0.2, 0) is 9.59 Å². The molecule has 3 heterocycles. The number of nitrogens with zero attached hydrogens (tertiary/aromatic N) is 3. The number of rotatable bonds is 4. The second-order valence-corrected chi connectivity index (χ2v) is 9.13. The lowest BCUT2D eigenvalue weighted by Gasteiger charge is -2.29. The number of imide groups is 1. The van der Waals surface area contributed by atoms with Crippen LogP contribution in [0.2, 0.25) is 0 Å². The number of thioether (sulfide) groups is 1. The van der Waals surface area contributed by atoms with E-state index in [1.807, 2.05) is 17.0 Å². The zero-order valence-electron chi connectivity index (χ0n) is 17.1. The molecule has 2 fully saturated rings. The van der Waals surface area contributed by atoms with E-state index in [4.69, 9.17) is 0 Å². The highest BCUT2D eigenvalue weighted by Crippen LogP contribution is 2.30. The van der Waals surface area contributed by atoms with Crippen molar-refractivity contribution in [3.05, 3.63) is 47.5 Å². The van der Waals surface area contributed by atoms with E-state index in [-0.39, 0.29) is 36.6 Å². The van der Waals surface area contributed by atoms with Gasteiger partial charge in [-0.05, 0) is 30.4 Å². The van der Waals surface area contributed by atoms with Crippen molar-refractivity contribution in [2.24, 2.45) is 0 Å². The van der Waals surface area contributed by atoms with Crippen molar-refractivity contribution in [3.8, 4) is 0 Å². The molecule has 0 radical (unpaired) electrons. The summed E-state index contributed by atoms with van der Waals surface area (Å²) in [5.74, 6) is 0.137. The third kappa shape index (κ3) is 3.39. The largest absolute Gasteiger partial charge is 0.341 e. The van der Waals surface area contributed by atoms with Crippen LogP contribution in [0.4, 0.5) is 0 Å². The van der Waals surface area contributed by atoms with E-state index >= 15 is 0 Å². The maximum atomic E-state index is 13.0. The van der Waals surface area contributed by atoms with Gasteiger partial charge in [0.05, 0.1) is 5.88 Å². The monoisotopic (exact) mass is 437 g/mol. The summed E-state index contributed by atoms with van der Waals surface area (Å²) >= 11 is 1.57. The fourth-order valence-corrected chi connectivity index (χ4v) is 5.85. The van der Waals surface area contributed by atoms with Gasteiger partial charge in [0.25, 0.3) is 11.8 Å². The highest BCUT2D eigenvalue weighted by atomic mass is 32.2. The van der Waals surface area contributed by atoms with E-state index in [2.05, 4.69) is 0 Å². The lowest BCUT2D eigenvalue weighted by Crippen LogP contribution is -2.49. The summed E-state index contributed by atoms with van der Waals surface area (Å²) in [4.78, 5) is 56.4. The van der Waals surface area contributed by atoms with Gasteiger partial charge < -0.3 is 9.80 Å². The van der Waals surface area contributed by atoms with Crippen LogP contribution in [0.1, 0.15) is 40.0 Å². The molecule has 160 valence electrons. The molecule has 3 aliphatic heterocycles. The second kappa shape index (κ2) is 8.00. The average Bonchev–Trinajstić information content (AvgIpc) is 3.49. The van der Waals surface area contributed by atoms with Crippen molar-refractivity contribution in [2.75, 3.05) is 31.3 Å². The molecule has 2 aromatic rings. The third-order valence-electron chi connectivity index (χ3n) is 6.31. The SMILES string of the molecule is O=C([C@@H]1CSCN1C(=O)CCN1C(=O)c2cccc3cccc(c23)C1=O)N1CCCC1. The van der Waals surface area contributed by atoms with Crippen molar-refractivity contribution >= 4 is 46.2 Å². The Morgan fingerprint density at radius 1 is 0.968 bits per heavy atom. The Labute approximate surface area is 184 Å². The molecule has 0 bridgehead atoms. The van der Waals surface area contributed by atoms with Gasteiger partial charge in [-0.2, -0.15) is 0 Å². The van der Waals surface area contributed by atoms with Crippen molar-refractivity contribution in [1.29, 1.82) is 0 Å². The number of benzene rings is 2. The van der Waals surface area contributed by atoms with Gasteiger partial charge in [0.1, 0.15) is 6.04 Å². The number of likely N-dealkylation sites (tertiary alicyclic amines) is 1. The van der Waals surface area contributed by atoms with Crippen LogP contribution in [0.3, 0.4) is 0 Å². The molecule has 0 spiro atoms. The molecule has 2 aromatic carbocycles. The van der Waals surface area contributed by atoms with Gasteiger partial charge in [0, 0.05) is 48.3 Å². The molecule has 0 aliphatic carbocycles. The van der Waals surface area contributed by atoms with Crippen LogP contribution in [0.25, 0.3) is 10.8 Å². The van der Waals surface area contributed by atoms with Crippen LogP contribution < -0.4 is 0 Å². The van der Waals surface area contributed by atoms with Gasteiger partial charge in [0.2, 0.25) is 11.8 Å². The Hall–Kier alpha value is -2.87. The number of hydrogen-bond acceptors (Lipinski definition) is 5. The zero-order chi connectivity index (χ0) is 21.5. The molecular weight excluding hydrogens is 414 g/mol. The Balaban J connectivity index is 1.31. The van der Waals surface area contributed by atoms with Crippen molar-refractivity contribution in [1.82, 2.24) is 14.7 Å². The molecule has 31 heavy (non-hydrogen) atoms. The van der Waals surface area contributed by atoms with E-state index in [0.29, 0.717) is 28.1 Å². The molecule has 8 heteroatoms. The van der Waals surface area contributed by atoms with Gasteiger partial charge in [-0.1, -0.05) is 24.3 Å². The molecule has 3 aliphatic rings. The lowest BCUT2D eigenvalue weighted by atomic mass is 9.94. The fourth-order valence-electron chi connectivity index (χ4n) is 4.68. The number of amides is 4. The summed E-state index contributed by atoms with van der Waals surface area (Å²) in [6.07, 6.45) is 2.03. The lowest BCUT2D eigenvalue weighted by molar-refractivity contribution is -0.142. The summed E-state index contributed by atoms with van der Waals surface area (Å²) in [6.45, 7) is 1.51. The van der Waals surface area contributed by atoms with E-state index in [9.17, 15) is 19.2 Å². The molecule has 2 saturated heterocycles. The minimum Gasteiger partial charge on any atom is -0.341 e. The van der Waals surface area contributed by atoms with E-state index in [1.165, 1.54) is 0 Å². The summed E-state index contributed by atoms with van der Waals surface area (Å²) in [5, 5.41) is 1.53. The number of carbonyl (C=O) groups is 4. The first-order chi connectivity index (χ1) is 15.1. The quantitative estimate of drug-likeness (QED) is 0.687. The number of carbonyl (C=O) groups excluding carboxylic acids is 4. The van der Waals surface area contributed by atoms with Crippen LogP contribution in [-0.4, -0.2) is 75.6 Å². The van der Waals surface area contributed by atoms with Crippen LogP contribution in [0, 0.1) is 0 Å². The van der Waals surface area contributed by atoms with Gasteiger partial charge >= 0.3 is 0 Å². The van der Waals surface area contributed by atoms with Crippen molar-refractivity contribution < 1.29 is 19.2 Å². The molecule has 0 saturated carbocycles. The Bertz CT molecular complexity index is 1040. The summed E-state index contributed by atoms with van der Waals surface area (Å²) in [7, 11) is 0. The normalized spacial score (nSPS) is 20.8. The summed E-state index contributed by atoms with van der Waals surface area (Å²) < 4.78 is 0. The average molecular weight is 438 g/mol. The summed E-state index contributed by atoms with van der Waals surface area (Å²) in [5.41, 5.74) is 0.970. The van der Waals surface area contributed by atoms with Crippen molar-refractivity contribution in [3.63, 3.8) is 0 Å². The molecule has 4 amide bonds. The van der Waals surface area contributed by atoms with Gasteiger partial charge in [-0.15, -0.1) is 11.8 Å². The maximum absolute atomic E-state index is 13.0. The zero-order valence-corrected chi connectivity index (χ0v) is 17.9. The van der Waals surface area contributed by atoms with Crippen LogP contribution in [0.5, 0.6) is 0 Å². The van der Waals surface area contributed by atoms with E-state index in [1.54, 1.807) is 40.9 Å². The smallest absolute Gasteiger partial charge is 0.261 e. The minimum atomic E-state index is -0.446. The topological polar surface area (TPSA) is 78.0 Å². The molecule has 0 unspecified atom stereocenters. The molecule has 5 rings (SSSR count). The molecule has 0 N–H and O–H groups in total. The number of hydrogen-bond donors (Lipinski definition) is 0. The molecule has 1 atom stereocenters. The summed E-state index contributed by atoms with van der Waals surface area (Å²) in [6, 6.07) is 10.4. The van der Waals surface area contributed by atoms with Gasteiger partial charge in [0.15, 0.2) is 0 Å². The Kier molecular flexibility index (Phi) is 5.17. The first-order valence-electron chi connectivity index (χ1n) is 10.6. The van der Waals surface area contributed by atoms with Gasteiger partial charge in [-0.3, -0.25) is 24.1 Å². The Morgan fingerprint density at radius 2 is 1.61 bits per heavy atom. The first-order valence-corrected chi connectivity index (χ1v) is 11.8. The standard InChI is InChI=1S/C23H23N3O4S/c27-19(26-14-31-13-18(26)23(30)24-10-1-2-11-24)9-12-25-21(28)16-7-3-5-15-6-4-8-17(20(15)16)22(25)29/h3-8,18H,1-2,9-14H2/t18-/m0/s1. The minimum absolute atomic E-state index is 0.00696. The van der Waals surface area contributed by atoms with E-state index in [0.717, 1.165) is 36.2 Å². The van der Waals surface area contributed by atoms with E-state index < -0.39 is 6.04 Å². The molecular formula is C23H23N3O4S. The first kappa shape index (κ1) is 20.1. The van der Waals surface area contributed by atoms with Crippen molar-refractivity contribution in [2.45, 2.75) is 25.3 Å². The highest BCUT2D eigenvalue weighted by Gasteiger charge is 2.38. The predicted octanol–water partition coefficient (Wildman–Crippen LogP) is 2.35.